The van der Waals surface area contributed by atoms with E-state index in [1.165, 1.54) is 11.3 Å². The number of rotatable bonds is 3. The number of piperidine rings is 1. The van der Waals surface area contributed by atoms with E-state index in [1.54, 1.807) is 12.4 Å². The number of hydrogen-bond donors (Lipinski definition) is 1. The molecule has 0 bridgehead atoms. The maximum Gasteiger partial charge on any atom is 0.265 e. The molecule has 0 aromatic carbocycles. The fraction of sp³-hybridized carbons (Fsp3) is 0.438. The number of likely N-dealkylation sites (tertiary alicyclic amines) is 1. The van der Waals surface area contributed by atoms with Gasteiger partial charge in [0.2, 0.25) is 0 Å². The lowest BCUT2D eigenvalue weighted by atomic mass is 9.92. The summed E-state index contributed by atoms with van der Waals surface area (Å²) in [6.07, 6.45) is 5.40. The lowest BCUT2D eigenvalue weighted by Crippen LogP contribution is -2.49. The number of nitrogens with zero attached hydrogens (tertiary/aromatic N) is 3. The number of thiazole rings is 1. The van der Waals surface area contributed by atoms with E-state index in [0.717, 1.165) is 30.1 Å². The SMILES string of the molecule is CC1CCN(C(=O)c2cnc(-c3ccccn3)s2)C(CN)C1. The zero-order chi connectivity index (χ0) is 15.5. The van der Waals surface area contributed by atoms with Gasteiger partial charge in [0.15, 0.2) is 0 Å². The molecule has 0 aliphatic carbocycles. The van der Waals surface area contributed by atoms with Crippen LogP contribution in [0, 0.1) is 5.92 Å². The van der Waals surface area contributed by atoms with Crippen LogP contribution >= 0.6 is 11.3 Å². The normalized spacial score (nSPS) is 21.8. The summed E-state index contributed by atoms with van der Waals surface area (Å²) >= 11 is 1.40. The van der Waals surface area contributed by atoms with Gasteiger partial charge < -0.3 is 10.6 Å². The molecule has 1 aliphatic rings. The fourth-order valence-corrected chi connectivity index (χ4v) is 3.71. The zero-order valence-corrected chi connectivity index (χ0v) is 13.4. The highest BCUT2D eigenvalue weighted by atomic mass is 32.1. The first-order valence-corrected chi connectivity index (χ1v) is 8.39. The maximum atomic E-state index is 12.7. The van der Waals surface area contributed by atoms with Crippen molar-refractivity contribution in [3.8, 4) is 10.7 Å². The van der Waals surface area contributed by atoms with Gasteiger partial charge in [-0.3, -0.25) is 9.78 Å². The van der Waals surface area contributed by atoms with Crippen LogP contribution in [-0.4, -0.2) is 39.9 Å². The summed E-state index contributed by atoms with van der Waals surface area (Å²) in [6.45, 7) is 3.51. The largest absolute Gasteiger partial charge is 0.334 e. The summed E-state index contributed by atoms with van der Waals surface area (Å²) in [6, 6.07) is 5.82. The first-order valence-electron chi connectivity index (χ1n) is 7.57. The second-order valence-corrected chi connectivity index (χ2v) is 6.79. The van der Waals surface area contributed by atoms with Gasteiger partial charge in [-0.15, -0.1) is 11.3 Å². The quantitative estimate of drug-likeness (QED) is 0.944. The molecular formula is C16H20N4OS. The second kappa shape index (κ2) is 6.54. The van der Waals surface area contributed by atoms with Crippen LogP contribution in [0.15, 0.2) is 30.6 Å². The van der Waals surface area contributed by atoms with Crippen LogP contribution in [0.5, 0.6) is 0 Å². The van der Waals surface area contributed by atoms with Crippen LogP contribution in [0.3, 0.4) is 0 Å². The van der Waals surface area contributed by atoms with Crippen LogP contribution in [0.4, 0.5) is 0 Å². The highest BCUT2D eigenvalue weighted by Crippen LogP contribution is 2.28. The van der Waals surface area contributed by atoms with Crippen molar-refractivity contribution in [1.29, 1.82) is 0 Å². The topological polar surface area (TPSA) is 72.1 Å². The molecule has 6 heteroatoms. The minimum Gasteiger partial charge on any atom is -0.334 e. The average molecular weight is 316 g/mol. The Morgan fingerprint density at radius 2 is 2.32 bits per heavy atom. The summed E-state index contributed by atoms with van der Waals surface area (Å²) in [7, 11) is 0. The fourth-order valence-electron chi connectivity index (χ4n) is 2.86. The van der Waals surface area contributed by atoms with Crippen LogP contribution in [-0.2, 0) is 0 Å². The van der Waals surface area contributed by atoms with Crippen molar-refractivity contribution in [2.45, 2.75) is 25.8 Å². The Labute approximate surface area is 134 Å². The highest BCUT2D eigenvalue weighted by molar-refractivity contribution is 7.16. The molecule has 0 radical (unpaired) electrons. The Kier molecular flexibility index (Phi) is 4.49. The summed E-state index contributed by atoms with van der Waals surface area (Å²) < 4.78 is 0. The van der Waals surface area contributed by atoms with Crippen molar-refractivity contribution < 1.29 is 4.79 Å². The molecule has 2 atom stereocenters. The van der Waals surface area contributed by atoms with Gasteiger partial charge in [0, 0.05) is 25.3 Å². The van der Waals surface area contributed by atoms with Gasteiger partial charge in [0.05, 0.1) is 11.9 Å². The molecule has 2 aromatic heterocycles. The summed E-state index contributed by atoms with van der Waals surface area (Å²) in [4.78, 5) is 23.9. The zero-order valence-electron chi connectivity index (χ0n) is 12.6. The van der Waals surface area contributed by atoms with E-state index in [4.69, 9.17) is 5.73 Å². The molecule has 1 fully saturated rings. The predicted molar refractivity (Wildman–Crippen MR) is 87.6 cm³/mol. The van der Waals surface area contributed by atoms with E-state index in [-0.39, 0.29) is 11.9 Å². The Bertz CT molecular complexity index is 643. The van der Waals surface area contributed by atoms with Gasteiger partial charge >= 0.3 is 0 Å². The van der Waals surface area contributed by atoms with E-state index in [9.17, 15) is 4.79 Å². The molecule has 5 nitrogen and oxygen atoms in total. The Morgan fingerprint density at radius 3 is 3.05 bits per heavy atom. The summed E-state index contributed by atoms with van der Waals surface area (Å²) in [5.74, 6) is 0.671. The lowest BCUT2D eigenvalue weighted by molar-refractivity contribution is 0.0578. The molecule has 3 heterocycles. The molecule has 22 heavy (non-hydrogen) atoms. The third kappa shape index (κ3) is 3.03. The standard InChI is InChI=1S/C16H20N4OS/c1-11-5-7-20(12(8-11)9-17)16(21)14-10-19-15(22-14)13-4-2-3-6-18-13/h2-4,6,10-12H,5,7-9,17H2,1H3. The van der Waals surface area contributed by atoms with E-state index < -0.39 is 0 Å². The van der Waals surface area contributed by atoms with Crippen molar-refractivity contribution in [2.75, 3.05) is 13.1 Å². The molecular weight excluding hydrogens is 296 g/mol. The predicted octanol–water partition coefficient (Wildman–Crippen LogP) is 2.40. The Hall–Kier alpha value is -1.79. The molecule has 0 spiro atoms. The molecule has 2 N–H and O–H groups in total. The summed E-state index contributed by atoms with van der Waals surface area (Å²) in [5.41, 5.74) is 6.65. The Balaban J connectivity index is 1.79. The van der Waals surface area contributed by atoms with Gasteiger partial charge in [-0.1, -0.05) is 13.0 Å². The van der Waals surface area contributed by atoms with E-state index >= 15 is 0 Å². The van der Waals surface area contributed by atoms with Crippen molar-refractivity contribution >= 4 is 17.2 Å². The van der Waals surface area contributed by atoms with E-state index in [1.807, 2.05) is 23.1 Å². The van der Waals surface area contributed by atoms with Crippen LogP contribution < -0.4 is 5.73 Å². The molecule has 3 rings (SSSR count). The monoisotopic (exact) mass is 316 g/mol. The number of carbonyl (C=O) groups excluding carboxylic acids is 1. The van der Waals surface area contributed by atoms with Gasteiger partial charge in [0.1, 0.15) is 9.88 Å². The summed E-state index contributed by atoms with van der Waals surface area (Å²) in [5, 5.41) is 0.777. The molecule has 0 saturated carbocycles. The van der Waals surface area contributed by atoms with Gasteiger partial charge in [-0.2, -0.15) is 0 Å². The number of pyridine rings is 1. The third-order valence-electron chi connectivity index (χ3n) is 4.11. The number of nitrogens with two attached hydrogens (primary N) is 1. The van der Waals surface area contributed by atoms with E-state index in [0.29, 0.717) is 17.3 Å². The van der Waals surface area contributed by atoms with Crippen molar-refractivity contribution in [1.82, 2.24) is 14.9 Å². The molecule has 1 saturated heterocycles. The van der Waals surface area contributed by atoms with Crippen LogP contribution in [0.1, 0.15) is 29.4 Å². The molecule has 116 valence electrons. The number of hydrogen-bond acceptors (Lipinski definition) is 5. The lowest BCUT2D eigenvalue weighted by Gasteiger charge is -2.37. The second-order valence-electron chi connectivity index (χ2n) is 5.76. The van der Waals surface area contributed by atoms with Gasteiger partial charge in [0.25, 0.3) is 5.91 Å². The first-order chi connectivity index (χ1) is 10.7. The number of aromatic nitrogens is 2. The minimum atomic E-state index is 0.0435. The molecule has 2 aromatic rings. The van der Waals surface area contributed by atoms with Gasteiger partial charge in [-0.25, -0.2) is 4.98 Å². The molecule has 1 amide bonds. The average Bonchev–Trinajstić information content (AvgIpc) is 3.05. The Morgan fingerprint density at radius 1 is 1.45 bits per heavy atom. The van der Waals surface area contributed by atoms with Crippen molar-refractivity contribution in [2.24, 2.45) is 11.7 Å². The highest BCUT2D eigenvalue weighted by Gasteiger charge is 2.30. The number of carbonyl (C=O) groups is 1. The third-order valence-corrected chi connectivity index (χ3v) is 5.12. The minimum absolute atomic E-state index is 0.0435. The smallest absolute Gasteiger partial charge is 0.265 e. The van der Waals surface area contributed by atoms with Crippen molar-refractivity contribution in [3.05, 3.63) is 35.5 Å². The number of amides is 1. The van der Waals surface area contributed by atoms with Gasteiger partial charge in [-0.05, 0) is 30.9 Å². The molecule has 1 aliphatic heterocycles. The van der Waals surface area contributed by atoms with Crippen LogP contribution in [0.25, 0.3) is 10.7 Å². The maximum absolute atomic E-state index is 12.7. The van der Waals surface area contributed by atoms with E-state index in [2.05, 4.69) is 16.9 Å². The first kappa shape index (κ1) is 15.1. The van der Waals surface area contributed by atoms with Crippen LogP contribution in [0.2, 0.25) is 0 Å². The van der Waals surface area contributed by atoms with Crippen molar-refractivity contribution in [3.63, 3.8) is 0 Å². The molecule has 2 unspecified atom stereocenters.